The van der Waals surface area contributed by atoms with Crippen molar-refractivity contribution >= 4 is 52.3 Å². The van der Waals surface area contributed by atoms with E-state index in [1.54, 1.807) is 24.3 Å². The Labute approximate surface area is 331 Å². The third-order valence-corrected chi connectivity index (χ3v) is 8.22. The minimum Gasteiger partial charge on any atom is -0.451 e. The molecule has 2 aromatic heterocycles. The van der Waals surface area contributed by atoms with Crippen molar-refractivity contribution < 1.29 is 19.5 Å². The van der Waals surface area contributed by atoms with Gasteiger partial charge in [-0.25, -0.2) is 14.8 Å². The number of anilines is 8. The van der Waals surface area contributed by atoms with Gasteiger partial charge in [0.1, 0.15) is 11.5 Å². The molecule has 0 saturated carbocycles. The van der Waals surface area contributed by atoms with Crippen molar-refractivity contribution in [2.75, 3.05) is 44.8 Å². The molecule has 14 N–H and O–H groups in total. The van der Waals surface area contributed by atoms with Crippen LogP contribution in [0.3, 0.4) is 0 Å². The first-order valence-electron chi connectivity index (χ1n) is 17.9. The normalized spacial score (nSPS) is 10.4. The van der Waals surface area contributed by atoms with E-state index < -0.39 is 0 Å². The van der Waals surface area contributed by atoms with Crippen LogP contribution in [0.4, 0.5) is 51.1 Å². The minimum atomic E-state index is -0.349. The van der Waals surface area contributed by atoms with Crippen LogP contribution in [0, 0.1) is 13.8 Å². The number of ether oxygens (including phenoxy) is 2. The molecule has 2 amide bonds. The topological polar surface area (TPSA) is 274 Å². The maximum absolute atomic E-state index is 12.4. The molecule has 0 spiro atoms. The fourth-order valence-corrected chi connectivity index (χ4v) is 5.16. The number of amides is 2. The number of nitrogens with two attached hydrogens (primary N) is 5. The molecule has 4 aromatic carbocycles. The van der Waals surface area contributed by atoms with Gasteiger partial charge in [-0.05, 0) is 72.2 Å². The Bertz CT molecular complexity index is 2260. The molecule has 2 heterocycles. The zero-order valence-corrected chi connectivity index (χ0v) is 32.7. The zero-order valence-electron chi connectivity index (χ0n) is 32.7. The number of hydrogen-bond acceptors (Lipinski definition) is 14. The third kappa shape index (κ3) is 12.3. The lowest BCUT2D eigenvalue weighted by Gasteiger charge is -2.18. The number of rotatable bonds is 9. The first kappa shape index (κ1) is 42.4. The first-order valence-corrected chi connectivity index (χ1v) is 17.9. The van der Waals surface area contributed by atoms with Crippen LogP contribution < -0.4 is 54.3 Å². The summed E-state index contributed by atoms with van der Waals surface area (Å²) in [4.78, 5) is 28.0. The number of carbonyl (C=O) groups is 1. The van der Waals surface area contributed by atoms with Gasteiger partial charge in [-0.15, -0.1) is 0 Å². The second-order valence-corrected chi connectivity index (χ2v) is 13.3. The highest BCUT2D eigenvalue weighted by atomic mass is 16.5. The van der Waals surface area contributed by atoms with Crippen LogP contribution >= 0.6 is 0 Å². The predicted molar refractivity (Wildman–Crippen MR) is 228 cm³/mol. The SMILES string of the molecule is Cc1cc(C(C)C)c(Oc2cnc(N)nc2N)cc1N.Cc1cc(C(C)C)c(Oc2cnc(N)nc2N)cc1NC(=O)Nc1ccccc1.ONc1ccccc1. The molecular formula is C41H50N12O4. The number of hydrogen-bond donors (Lipinski definition) is 9. The van der Waals surface area contributed by atoms with Gasteiger partial charge in [-0.2, -0.15) is 9.97 Å². The monoisotopic (exact) mass is 774 g/mol. The number of nitrogen functional groups attached to an aromatic ring is 5. The molecular weight excluding hydrogens is 725 g/mol. The predicted octanol–water partition coefficient (Wildman–Crippen LogP) is 8.44. The van der Waals surface area contributed by atoms with Gasteiger partial charge in [0.25, 0.3) is 0 Å². The molecule has 0 radical (unpaired) electrons. The molecule has 0 aliphatic rings. The smallest absolute Gasteiger partial charge is 0.323 e. The van der Waals surface area contributed by atoms with Gasteiger partial charge >= 0.3 is 6.03 Å². The lowest BCUT2D eigenvalue weighted by Crippen LogP contribution is -2.20. The van der Waals surface area contributed by atoms with Gasteiger partial charge in [0.15, 0.2) is 23.1 Å². The van der Waals surface area contributed by atoms with E-state index in [2.05, 4.69) is 58.3 Å². The largest absolute Gasteiger partial charge is 0.451 e. The summed E-state index contributed by atoms with van der Waals surface area (Å²) in [6.07, 6.45) is 2.88. The highest BCUT2D eigenvalue weighted by Gasteiger charge is 2.17. The molecule has 0 saturated heterocycles. The van der Waals surface area contributed by atoms with E-state index in [9.17, 15) is 4.79 Å². The van der Waals surface area contributed by atoms with Gasteiger partial charge in [0.05, 0.1) is 18.1 Å². The minimum absolute atomic E-state index is 0.0720. The van der Waals surface area contributed by atoms with Gasteiger partial charge in [0, 0.05) is 29.2 Å². The quantitative estimate of drug-likeness (QED) is 0.0492. The molecule has 6 rings (SSSR count). The molecule has 0 aliphatic carbocycles. The number of benzene rings is 4. The average molecular weight is 775 g/mol. The lowest BCUT2D eigenvalue weighted by atomic mass is 9.98. The van der Waals surface area contributed by atoms with Crippen LogP contribution in [-0.2, 0) is 0 Å². The molecule has 0 aliphatic heterocycles. The molecule has 6 aromatic rings. The van der Waals surface area contributed by atoms with E-state index in [0.717, 1.165) is 22.3 Å². The van der Waals surface area contributed by atoms with Gasteiger partial charge < -0.3 is 48.8 Å². The van der Waals surface area contributed by atoms with Crippen LogP contribution in [0.2, 0.25) is 0 Å². The molecule has 57 heavy (non-hydrogen) atoms. The number of carbonyl (C=O) groups excluding carboxylic acids is 1. The Morgan fingerprint density at radius 1 is 0.614 bits per heavy atom. The summed E-state index contributed by atoms with van der Waals surface area (Å²) in [7, 11) is 0. The van der Waals surface area contributed by atoms with Crippen molar-refractivity contribution in [2.45, 2.75) is 53.4 Å². The van der Waals surface area contributed by atoms with Crippen LogP contribution in [0.25, 0.3) is 0 Å². The average Bonchev–Trinajstić information content (AvgIpc) is 3.17. The number of para-hydroxylation sites is 2. The summed E-state index contributed by atoms with van der Waals surface area (Å²) >= 11 is 0. The van der Waals surface area contributed by atoms with Crippen LogP contribution in [0.5, 0.6) is 23.0 Å². The first-order chi connectivity index (χ1) is 27.1. The number of aromatic nitrogens is 4. The third-order valence-electron chi connectivity index (χ3n) is 8.22. The summed E-state index contributed by atoms with van der Waals surface area (Å²) < 4.78 is 11.8. The highest BCUT2D eigenvalue weighted by molar-refractivity contribution is 6.00. The van der Waals surface area contributed by atoms with Gasteiger partial charge in [0.2, 0.25) is 11.9 Å². The van der Waals surface area contributed by atoms with Gasteiger partial charge in [-0.3, -0.25) is 10.7 Å². The number of urea groups is 1. The van der Waals surface area contributed by atoms with E-state index in [1.807, 2.05) is 80.0 Å². The summed E-state index contributed by atoms with van der Waals surface area (Å²) in [6, 6.07) is 25.6. The van der Waals surface area contributed by atoms with Crippen molar-refractivity contribution in [2.24, 2.45) is 0 Å². The number of nitrogens with one attached hydrogen (secondary N) is 3. The van der Waals surface area contributed by atoms with E-state index in [-0.39, 0.29) is 35.5 Å². The van der Waals surface area contributed by atoms with Crippen LogP contribution in [0.1, 0.15) is 61.8 Å². The molecule has 16 heteroatoms. The van der Waals surface area contributed by atoms with Crippen molar-refractivity contribution in [1.82, 2.24) is 19.9 Å². The Morgan fingerprint density at radius 2 is 1.07 bits per heavy atom. The van der Waals surface area contributed by atoms with E-state index in [4.69, 9.17) is 43.3 Å². The van der Waals surface area contributed by atoms with Crippen LogP contribution in [-0.4, -0.2) is 31.2 Å². The van der Waals surface area contributed by atoms with Crippen molar-refractivity contribution in [1.29, 1.82) is 0 Å². The molecule has 0 atom stereocenters. The Kier molecular flexibility index (Phi) is 14.8. The second kappa shape index (κ2) is 19.8. The van der Waals surface area contributed by atoms with E-state index >= 15 is 0 Å². The van der Waals surface area contributed by atoms with Crippen molar-refractivity contribution in [3.05, 3.63) is 120 Å². The van der Waals surface area contributed by atoms with Crippen molar-refractivity contribution in [3.63, 3.8) is 0 Å². The fourth-order valence-electron chi connectivity index (χ4n) is 5.16. The molecule has 298 valence electrons. The summed E-state index contributed by atoms with van der Waals surface area (Å²) in [5.41, 5.74) is 37.3. The molecule has 0 unspecified atom stereocenters. The Balaban J connectivity index is 0.000000221. The summed E-state index contributed by atoms with van der Waals surface area (Å²) in [5.74, 6) is 2.88. The summed E-state index contributed by atoms with van der Waals surface area (Å²) in [6.45, 7) is 12.2. The zero-order chi connectivity index (χ0) is 41.6. The van der Waals surface area contributed by atoms with Crippen LogP contribution in [0.15, 0.2) is 97.3 Å². The molecule has 16 nitrogen and oxygen atoms in total. The standard InChI is InChI=1S/C21H24N6O2.C14H19N5O.C6H7NO/c1-12(2)15-9-13(3)16(26-21(28)25-14-7-5-4-6-8-14)10-17(15)29-18-11-24-20(23)27-19(18)22;1-7(2)9-4-8(3)10(15)5-11(9)20-12-6-18-14(17)19-13(12)16;8-7-6-4-2-1-3-5-6/h4-12H,1-3H3,(H2,25,26,28)(H4,22,23,24,27);4-7H,15H2,1-3H3,(H4,16,17,18,19);1-5,7-8H. The molecule has 0 fully saturated rings. The fraction of sp³-hybridized carbons (Fsp3) is 0.195. The Morgan fingerprint density at radius 3 is 1.51 bits per heavy atom. The summed E-state index contributed by atoms with van der Waals surface area (Å²) in [5, 5.41) is 13.9. The maximum Gasteiger partial charge on any atom is 0.323 e. The maximum atomic E-state index is 12.4. The van der Waals surface area contributed by atoms with E-state index in [1.165, 1.54) is 12.4 Å². The lowest BCUT2D eigenvalue weighted by molar-refractivity contribution is 0.262. The second-order valence-electron chi connectivity index (χ2n) is 13.3. The van der Waals surface area contributed by atoms with Crippen molar-refractivity contribution in [3.8, 4) is 23.0 Å². The highest BCUT2D eigenvalue weighted by Crippen LogP contribution is 2.37. The van der Waals surface area contributed by atoms with E-state index in [0.29, 0.717) is 51.7 Å². The number of nitrogens with zero attached hydrogens (tertiary/aromatic N) is 4. The molecule has 0 bridgehead atoms. The number of aryl methyl sites for hydroxylation is 2. The Hall–Kier alpha value is -7.33. The van der Waals surface area contributed by atoms with Gasteiger partial charge in [-0.1, -0.05) is 76.2 Å².